The molecule has 43 heteroatoms. The molecule has 0 heterocycles. The maximum atomic E-state index is 12.4. The highest BCUT2D eigenvalue weighted by Crippen LogP contribution is 2.36. The van der Waals surface area contributed by atoms with Crippen molar-refractivity contribution in [1.29, 1.82) is 0 Å². The fourth-order valence-electron chi connectivity index (χ4n) is 16.0. The van der Waals surface area contributed by atoms with Gasteiger partial charge in [0.15, 0.2) is 79.4 Å². The van der Waals surface area contributed by atoms with Gasteiger partial charge in [-0.15, -0.1) is 0 Å². The predicted octanol–water partition coefficient (Wildman–Crippen LogP) is 5.41. The van der Waals surface area contributed by atoms with E-state index in [-0.39, 0.29) is 70.6 Å². The molecular weight excluding hydrogens is 1890 g/mol. The Bertz CT molecular complexity index is 3350. The van der Waals surface area contributed by atoms with E-state index in [1.54, 1.807) is 0 Å². The molecule has 0 aromatic heterocycles. The van der Waals surface area contributed by atoms with Crippen LogP contribution in [0.2, 0.25) is 0 Å². The number of aliphatic hydroxyl groups excluding tert-OH is 17. The molecule has 26 unspecified atom stereocenters. The van der Waals surface area contributed by atoms with Crippen LogP contribution in [0.15, 0.2) is 0 Å². The standard InChI is InChI=1S/C24H42O9.2C20H34O9.2C18H32O8/c1-4-7-10-13-16(25)31-22-20(29)19(28)21(30)23(32-17(26)14-11-8-5-2)24(22)33-18(27)15-12-9-6-3;1-4-6-8-10-13(22)28-18-16(25)15(24)17(26)19(20(18)27-12(3)21)29-14(23)11-9-7-5-2;1-4-6-8-10-13(22)28-19-17(26)15(24)16(25)18(27-12(3)21)20(19)29-14(23)11-9-7-5-2;2*1-3-5-7-9-11(19)25-17-15(23)13(21)14(22)16(24)18(17)26-12(20)10-8-6-4-2/h19-24,28-30H,4-15H2,1-3H3;2*15-20,24-26H,4-11H2,1-3H3;2*13-18,21-24H,3-10H2,1-2H3. The highest BCUT2D eigenvalue weighted by Gasteiger charge is 2.60. The van der Waals surface area contributed by atoms with Crippen molar-refractivity contribution < 1.29 is 211 Å². The molecule has 0 spiro atoms. The third kappa shape index (κ3) is 49.0. The number of ether oxygens (including phenoxy) is 13. The first-order chi connectivity index (χ1) is 67.9. The van der Waals surface area contributed by atoms with Crippen molar-refractivity contribution in [1.82, 2.24) is 0 Å². The van der Waals surface area contributed by atoms with Gasteiger partial charge in [-0.3, -0.25) is 62.3 Å². The lowest BCUT2D eigenvalue weighted by atomic mass is 9.84. The average molecular weight is 2060 g/mol. The first-order valence-corrected chi connectivity index (χ1v) is 51.9. The fraction of sp³-hybridized carbons (Fsp3) is 0.870. The predicted molar refractivity (Wildman–Crippen MR) is 507 cm³/mol. The van der Waals surface area contributed by atoms with Crippen LogP contribution in [0.3, 0.4) is 0 Å². The average Bonchev–Trinajstić information content (AvgIpc) is 0.801. The van der Waals surface area contributed by atoms with Crippen LogP contribution < -0.4 is 0 Å². The van der Waals surface area contributed by atoms with Gasteiger partial charge in [-0.05, 0) is 70.6 Å². The Hall–Kier alpha value is -7.57. The Morgan fingerprint density at radius 3 is 0.329 bits per heavy atom. The van der Waals surface area contributed by atoms with Crippen molar-refractivity contribution in [2.75, 3.05) is 0 Å². The Kier molecular flexibility index (Phi) is 70.1. The summed E-state index contributed by atoms with van der Waals surface area (Å²) in [6, 6.07) is 0. The van der Waals surface area contributed by atoms with E-state index < -0.39 is 261 Å². The number of hydrogen-bond donors (Lipinski definition) is 17. The van der Waals surface area contributed by atoms with Crippen molar-refractivity contribution in [3.63, 3.8) is 0 Å². The summed E-state index contributed by atoms with van der Waals surface area (Å²) in [7, 11) is 0. The zero-order valence-corrected chi connectivity index (χ0v) is 86.2. The maximum absolute atomic E-state index is 12.4. The monoisotopic (exact) mass is 2060 g/mol. The van der Waals surface area contributed by atoms with Crippen LogP contribution in [0.1, 0.15) is 373 Å². The molecule has 5 aliphatic rings. The van der Waals surface area contributed by atoms with E-state index in [0.717, 1.165) is 155 Å². The Balaban J connectivity index is 0.000000896. The molecule has 5 rings (SSSR count). The second-order valence-corrected chi connectivity index (χ2v) is 37.0. The van der Waals surface area contributed by atoms with E-state index in [2.05, 4.69) is 0 Å². The van der Waals surface area contributed by atoms with Crippen molar-refractivity contribution >= 4 is 77.6 Å². The van der Waals surface area contributed by atoms with E-state index in [9.17, 15) is 149 Å². The van der Waals surface area contributed by atoms with Crippen LogP contribution in [-0.2, 0) is 124 Å². The number of carbonyl (C=O) groups excluding carboxylic acids is 13. The summed E-state index contributed by atoms with van der Waals surface area (Å²) in [4.78, 5) is 157. The molecule has 0 radical (unpaired) electrons. The van der Waals surface area contributed by atoms with Crippen molar-refractivity contribution in [2.24, 2.45) is 0 Å². The molecule has 5 fully saturated rings. The van der Waals surface area contributed by atoms with Crippen LogP contribution in [0.25, 0.3) is 0 Å². The lowest BCUT2D eigenvalue weighted by Gasteiger charge is -2.44. The number of rotatable bonds is 57. The van der Waals surface area contributed by atoms with Crippen LogP contribution >= 0.6 is 0 Å². The van der Waals surface area contributed by atoms with Crippen molar-refractivity contribution in [2.45, 2.75) is 556 Å². The number of hydrogen-bond acceptors (Lipinski definition) is 43. The van der Waals surface area contributed by atoms with Crippen molar-refractivity contribution in [3.05, 3.63) is 0 Å². The third-order valence-electron chi connectivity index (χ3n) is 24.5. The summed E-state index contributed by atoms with van der Waals surface area (Å²) in [5.41, 5.74) is 0. The molecule has 0 saturated heterocycles. The van der Waals surface area contributed by atoms with E-state index >= 15 is 0 Å². The van der Waals surface area contributed by atoms with Crippen LogP contribution in [0, 0.1) is 0 Å². The topological polar surface area (TPSA) is 686 Å². The Labute approximate surface area is 840 Å². The van der Waals surface area contributed by atoms with Gasteiger partial charge < -0.3 is 148 Å². The number of esters is 13. The maximum Gasteiger partial charge on any atom is 0.306 e. The Morgan fingerprint density at radius 2 is 0.217 bits per heavy atom. The number of aliphatic hydroxyl groups is 17. The molecule has 0 aliphatic heterocycles. The van der Waals surface area contributed by atoms with Crippen molar-refractivity contribution in [3.8, 4) is 0 Å². The molecule has 0 amide bonds. The summed E-state index contributed by atoms with van der Waals surface area (Å²) in [5, 5.41) is 173. The van der Waals surface area contributed by atoms with Gasteiger partial charge in [-0.1, -0.05) is 217 Å². The van der Waals surface area contributed by atoms with Crippen LogP contribution in [-0.4, -0.2) is 348 Å². The zero-order valence-electron chi connectivity index (χ0n) is 86.2. The van der Waals surface area contributed by atoms with E-state index in [1.807, 2.05) is 76.2 Å². The molecule has 0 bridgehead atoms. The molecule has 43 nitrogen and oxygen atoms in total. The van der Waals surface area contributed by atoms with E-state index in [0.29, 0.717) is 70.6 Å². The SMILES string of the molecule is CCCCCC(=O)OC1C(O)C(O)C(O)C(O)C1OC(=O)CCCCC.CCCCCC(=O)OC1C(O)C(O)C(O)C(O)C1OC(=O)CCCCC.CCCCCC(=O)OC1C(O)C(O)C(O)C(OC(=O)CCCCC)C1OC(=O)CCCCC.CCCCCC(=O)OC1C(O)C(O)C(O)C(OC(=O)CCCCC)C1OC(C)=O.CCCCCC(=O)OC1C(O)C(O)C(O)C(OC(C)=O)C1OC(=O)CCCCC. The van der Waals surface area contributed by atoms with Crippen LogP contribution in [0.4, 0.5) is 0 Å². The normalized spacial score (nSPS) is 29.5. The zero-order chi connectivity index (χ0) is 108. The van der Waals surface area contributed by atoms with Gasteiger partial charge in [0, 0.05) is 84.5 Å². The molecule has 5 aliphatic carbocycles. The second-order valence-electron chi connectivity index (χ2n) is 37.0. The van der Waals surface area contributed by atoms with Gasteiger partial charge in [0.1, 0.15) is 104 Å². The summed E-state index contributed by atoms with van der Waals surface area (Å²) in [5.74, 6) is -8.47. The van der Waals surface area contributed by atoms with Gasteiger partial charge in [0.05, 0.1) is 0 Å². The first-order valence-electron chi connectivity index (χ1n) is 51.9. The molecule has 5 saturated carbocycles. The minimum absolute atomic E-state index is 0.0864. The van der Waals surface area contributed by atoms with E-state index in [1.165, 1.54) is 0 Å². The minimum Gasteiger partial charge on any atom is -0.456 e. The van der Waals surface area contributed by atoms with Gasteiger partial charge in [0.2, 0.25) is 0 Å². The molecule has 143 heavy (non-hydrogen) atoms. The Morgan fingerprint density at radius 1 is 0.133 bits per heavy atom. The van der Waals surface area contributed by atoms with Gasteiger partial charge in [0.25, 0.3) is 0 Å². The highest BCUT2D eigenvalue weighted by molar-refractivity contribution is 5.75. The minimum atomic E-state index is -1.75. The second kappa shape index (κ2) is 75.2. The van der Waals surface area contributed by atoms with Gasteiger partial charge in [-0.25, -0.2) is 0 Å². The highest BCUT2D eigenvalue weighted by atomic mass is 16.7. The summed E-state index contributed by atoms with van der Waals surface area (Å²) in [6.07, 6.45) is -21.3. The number of unbranched alkanes of at least 4 members (excludes halogenated alkanes) is 22. The number of carbonyl (C=O) groups is 13. The largest absolute Gasteiger partial charge is 0.456 e. The summed E-state index contributed by atoms with van der Waals surface area (Å²) in [6.45, 7) is 24.0. The van der Waals surface area contributed by atoms with Gasteiger partial charge >= 0.3 is 77.6 Å². The molecule has 17 N–H and O–H groups in total. The lowest BCUT2D eigenvalue weighted by molar-refractivity contribution is -0.248. The van der Waals surface area contributed by atoms with Gasteiger partial charge in [-0.2, -0.15) is 0 Å². The first kappa shape index (κ1) is 133. The molecule has 832 valence electrons. The summed E-state index contributed by atoms with van der Waals surface area (Å²) < 4.78 is 68.3. The molecule has 0 aromatic carbocycles. The van der Waals surface area contributed by atoms with E-state index in [4.69, 9.17) is 61.6 Å². The smallest absolute Gasteiger partial charge is 0.306 e. The summed E-state index contributed by atoms with van der Waals surface area (Å²) >= 11 is 0. The fourth-order valence-corrected chi connectivity index (χ4v) is 16.0. The molecular formula is C100H174O43. The molecule has 26 atom stereocenters. The lowest BCUT2D eigenvalue weighted by Crippen LogP contribution is -2.66. The third-order valence-corrected chi connectivity index (χ3v) is 24.5. The molecule has 0 aromatic rings. The van der Waals surface area contributed by atoms with Crippen LogP contribution in [0.5, 0.6) is 0 Å². The quantitative estimate of drug-likeness (QED) is 0.0205.